The number of rotatable bonds is 10. The van der Waals surface area contributed by atoms with Crippen LogP contribution in [0, 0.1) is 0 Å². The summed E-state index contributed by atoms with van der Waals surface area (Å²) in [6.45, 7) is 7.95. The number of hydrogen-bond donors (Lipinski definition) is 1. The largest absolute Gasteiger partial charge is 0.465 e. The van der Waals surface area contributed by atoms with Crippen molar-refractivity contribution in [2.75, 3.05) is 39.9 Å². The first-order chi connectivity index (χ1) is 10.2. The number of hydrogen-bond acceptors (Lipinski definition) is 5. The fraction of sp³-hybridized carbons (Fsp3) is 0.938. The number of esters is 1. The number of carbonyl (C=O) groups excluding carboxylic acids is 1. The summed E-state index contributed by atoms with van der Waals surface area (Å²) < 4.78 is 10.9. The first-order valence-electron chi connectivity index (χ1n) is 8.37. The second-order valence-corrected chi connectivity index (χ2v) is 5.80. The van der Waals surface area contributed by atoms with Gasteiger partial charge in [-0.05, 0) is 59.2 Å². The van der Waals surface area contributed by atoms with E-state index in [9.17, 15) is 4.79 Å². The number of likely N-dealkylation sites (N-methyl/N-ethyl adjacent to an activating group) is 1. The first-order valence-corrected chi connectivity index (χ1v) is 8.37. The van der Waals surface area contributed by atoms with Crippen LogP contribution in [-0.4, -0.2) is 62.9 Å². The highest BCUT2D eigenvalue weighted by molar-refractivity contribution is 5.75. The van der Waals surface area contributed by atoms with Crippen molar-refractivity contribution in [1.29, 1.82) is 0 Å². The molecule has 1 fully saturated rings. The van der Waals surface area contributed by atoms with Crippen molar-refractivity contribution in [3.8, 4) is 0 Å². The molecule has 0 bridgehead atoms. The number of ether oxygens (including phenoxy) is 2. The molecular formula is C16H32N2O3. The van der Waals surface area contributed by atoms with Crippen molar-refractivity contribution >= 4 is 5.97 Å². The average Bonchev–Trinajstić information content (AvgIpc) is 2.48. The van der Waals surface area contributed by atoms with E-state index in [0.29, 0.717) is 12.7 Å². The van der Waals surface area contributed by atoms with Crippen molar-refractivity contribution in [2.45, 2.75) is 58.1 Å². The Morgan fingerprint density at radius 1 is 1.43 bits per heavy atom. The minimum atomic E-state index is -0.195. The Balaban J connectivity index is 2.30. The highest BCUT2D eigenvalue weighted by Gasteiger charge is 2.21. The van der Waals surface area contributed by atoms with Gasteiger partial charge in [0.05, 0.1) is 12.7 Å². The standard InChI is InChI=1S/C16H32N2O3/c1-4-10-17-15(16(19)20-5-2)9-11-18(3)13-14-8-6-7-12-21-14/h14-15,17H,4-13H2,1-3H3. The van der Waals surface area contributed by atoms with Gasteiger partial charge in [0, 0.05) is 13.2 Å². The van der Waals surface area contributed by atoms with Crippen molar-refractivity contribution in [1.82, 2.24) is 10.2 Å². The quantitative estimate of drug-likeness (QED) is 0.624. The Bertz CT molecular complexity index is 281. The highest BCUT2D eigenvalue weighted by Crippen LogP contribution is 2.13. The molecule has 1 aliphatic heterocycles. The van der Waals surface area contributed by atoms with Gasteiger partial charge in [-0.15, -0.1) is 0 Å². The number of carbonyl (C=O) groups is 1. The summed E-state index contributed by atoms with van der Waals surface area (Å²) in [5.41, 5.74) is 0. The van der Waals surface area contributed by atoms with Crippen LogP contribution in [-0.2, 0) is 14.3 Å². The molecule has 21 heavy (non-hydrogen) atoms. The second-order valence-electron chi connectivity index (χ2n) is 5.80. The SMILES string of the molecule is CCCNC(CCN(C)CC1CCCCO1)C(=O)OCC. The van der Waals surface area contributed by atoms with Crippen LogP contribution >= 0.6 is 0 Å². The Morgan fingerprint density at radius 2 is 2.24 bits per heavy atom. The molecule has 5 nitrogen and oxygen atoms in total. The molecule has 0 saturated carbocycles. The lowest BCUT2D eigenvalue weighted by atomic mass is 10.1. The monoisotopic (exact) mass is 300 g/mol. The lowest BCUT2D eigenvalue weighted by Crippen LogP contribution is -2.42. The molecule has 1 aliphatic rings. The molecule has 0 aromatic rings. The molecule has 0 aromatic carbocycles. The third-order valence-corrected chi connectivity index (χ3v) is 3.80. The maximum Gasteiger partial charge on any atom is 0.323 e. The topological polar surface area (TPSA) is 50.8 Å². The molecule has 1 saturated heterocycles. The fourth-order valence-corrected chi connectivity index (χ4v) is 2.60. The lowest BCUT2D eigenvalue weighted by molar-refractivity contribution is -0.145. The van der Waals surface area contributed by atoms with E-state index in [-0.39, 0.29) is 12.0 Å². The van der Waals surface area contributed by atoms with Crippen LogP contribution in [0.2, 0.25) is 0 Å². The van der Waals surface area contributed by atoms with E-state index < -0.39 is 0 Å². The van der Waals surface area contributed by atoms with Crippen molar-refractivity contribution in [3.63, 3.8) is 0 Å². The molecule has 1 N–H and O–H groups in total. The summed E-state index contributed by atoms with van der Waals surface area (Å²) in [6.07, 6.45) is 5.76. The van der Waals surface area contributed by atoms with Gasteiger partial charge >= 0.3 is 5.97 Å². The molecule has 2 atom stereocenters. The summed E-state index contributed by atoms with van der Waals surface area (Å²) in [7, 11) is 2.10. The van der Waals surface area contributed by atoms with E-state index in [2.05, 4.69) is 24.2 Å². The molecule has 1 rings (SSSR count). The van der Waals surface area contributed by atoms with Crippen LogP contribution in [0.4, 0.5) is 0 Å². The minimum Gasteiger partial charge on any atom is -0.465 e. The van der Waals surface area contributed by atoms with Gasteiger partial charge in [0.2, 0.25) is 0 Å². The molecular weight excluding hydrogens is 268 g/mol. The van der Waals surface area contributed by atoms with Crippen LogP contribution in [0.3, 0.4) is 0 Å². The zero-order valence-electron chi connectivity index (χ0n) is 13.9. The van der Waals surface area contributed by atoms with Crippen LogP contribution in [0.1, 0.15) is 46.0 Å². The molecule has 0 amide bonds. The van der Waals surface area contributed by atoms with Crippen LogP contribution in [0.15, 0.2) is 0 Å². The van der Waals surface area contributed by atoms with E-state index in [1.54, 1.807) is 0 Å². The zero-order valence-corrected chi connectivity index (χ0v) is 13.9. The van der Waals surface area contributed by atoms with Crippen molar-refractivity contribution < 1.29 is 14.3 Å². The number of nitrogens with zero attached hydrogens (tertiary/aromatic N) is 1. The Hall–Kier alpha value is -0.650. The second kappa shape index (κ2) is 11.0. The maximum atomic E-state index is 11.9. The maximum absolute atomic E-state index is 11.9. The molecule has 2 unspecified atom stereocenters. The van der Waals surface area contributed by atoms with Crippen LogP contribution < -0.4 is 5.32 Å². The molecule has 0 aromatic heterocycles. The summed E-state index contributed by atoms with van der Waals surface area (Å²) in [6, 6.07) is -0.195. The van der Waals surface area contributed by atoms with Crippen molar-refractivity contribution in [3.05, 3.63) is 0 Å². The molecule has 124 valence electrons. The van der Waals surface area contributed by atoms with Gasteiger partial charge in [-0.2, -0.15) is 0 Å². The first kappa shape index (κ1) is 18.4. The Labute approximate surface area is 129 Å². The van der Waals surface area contributed by atoms with Gasteiger partial charge in [0.1, 0.15) is 6.04 Å². The Morgan fingerprint density at radius 3 is 2.86 bits per heavy atom. The lowest BCUT2D eigenvalue weighted by Gasteiger charge is -2.28. The van der Waals surface area contributed by atoms with Gasteiger partial charge in [-0.25, -0.2) is 0 Å². The van der Waals surface area contributed by atoms with Crippen LogP contribution in [0.25, 0.3) is 0 Å². The zero-order chi connectivity index (χ0) is 15.5. The Kier molecular flexibility index (Phi) is 9.63. The highest BCUT2D eigenvalue weighted by atomic mass is 16.5. The predicted octanol–water partition coefficient (Wildman–Crippen LogP) is 1.81. The van der Waals surface area contributed by atoms with Gasteiger partial charge < -0.3 is 19.7 Å². The van der Waals surface area contributed by atoms with Gasteiger partial charge in [-0.1, -0.05) is 6.92 Å². The third kappa shape index (κ3) is 7.79. The molecule has 0 spiro atoms. The van der Waals surface area contributed by atoms with E-state index in [1.807, 2.05) is 6.92 Å². The summed E-state index contributed by atoms with van der Waals surface area (Å²) >= 11 is 0. The van der Waals surface area contributed by atoms with E-state index in [4.69, 9.17) is 9.47 Å². The average molecular weight is 300 g/mol. The third-order valence-electron chi connectivity index (χ3n) is 3.80. The van der Waals surface area contributed by atoms with E-state index in [0.717, 1.165) is 45.5 Å². The molecule has 0 radical (unpaired) electrons. The normalized spacial score (nSPS) is 20.5. The van der Waals surface area contributed by atoms with Gasteiger partial charge in [0.25, 0.3) is 0 Å². The van der Waals surface area contributed by atoms with Crippen LogP contribution in [0.5, 0.6) is 0 Å². The summed E-state index contributed by atoms with van der Waals surface area (Å²) in [5.74, 6) is -0.131. The number of nitrogens with one attached hydrogen (secondary N) is 1. The molecule has 1 heterocycles. The smallest absolute Gasteiger partial charge is 0.323 e. The van der Waals surface area contributed by atoms with Gasteiger partial charge in [-0.3, -0.25) is 4.79 Å². The molecule has 0 aliphatic carbocycles. The van der Waals surface area contributed by atoms with Crippen molar-refractivity contribution in [2.24, 2.45) is 0 Å². The van der Waals surface area contributed by atoms with Gasteiger partial charge in [0.15, 0.2) is 0 Å². The predicted molar refractivity (Wildman–Crippen MR) is 84.4 cm³/mol. The fourth-order valence-electron chi connectivity index (χ4n) is 2.60. The van der Waals surface area contributed by atoms with E-state index >= 15 is 0 Å². The minimum absolute atomic E-state index is 0.131. The summed E-state index contributed by atoms with van der Waals surface area (Å²) in [4.78, 5) is 14.2. The van der Waals surface area contributed by atoms with E-state index in [1.165, 1.54) is 12.8 Å². The molecule has 5 heteroatoms. The summed E-state index contributed by atoms with van der Waals surface area (Å²) in [5, 5.41) is 3.28.